The second-order valence-electron chi connectivity index (χ2n) is 8.03. The number of nitrogens with two attached hydrogens (primary N) is 1. The van der Waals surface area contributed by atoms with E-state index in [0.717, 1.165) is 30.2 Å². The van der Waals surface area contributed by atoms with E-state index in [9.17, 15) is 13.6 Å². The highest BCUT2D eigenvalue weighted by molar-refractivity contribution is 7.15. The lowest BCUT2D eigenvalue weighted by Gasteiger charge is -2.15. The van der Waals surface area contributed by atoms with E-state index in [4.69, 9.17) is 15.2 Å². The van der Waals surface area contributed by atoms with Crippen LogP contribution in [0.4, 0.5) is 13.9 Å². The van der Waals surface area contributed by atoms with Crippen LogP contribution in [-0.2, 0) is 0 Å². The number of nitrogens with zero attached hydrogens (tertiary/aromatic N) is 5. The van der Waals surface area contributed by atoms with Crippen LogP contribution in [0.5, 0.6) is 11.6 Å². The van der Waals surface area contributed by atoms with Crippen LogP contribution in [0.3, 0.4) is 0 Å². The number of methoxy groups -OCH3 is 1. The van der Waals surface area contributed by atoms with Gasteiger partial charge in [0.2, 0.25) is 11.0 Å². The van der Waals surface area contributed by atoms with Crippen molar-refractivity contribution in [3.05, 3.63) is 52.6 Å². The summed E-state index contributed by atoms with van der Waals surface area (Å²) in [7, 11) is 2.97. The molecule has 3 aromatic heterocycles. The number of carbonyl (C=O) groups is 1. The summed E-state index contributed by atoms with van der Waals surface area (Å²) in [4.78, 5) is 25.0. The van der Waals surface area contributed by atoms with Gasteiger partial charge < -0.3 is 15.2 Å². The molecule has 0 spiro atoms. The fourth-order valence-electron chi connectivity index (χ4n) is 3.13. The van der Waals surface area contributed by atoms with Gasteiger partial charge >= 0.3 is 0 Å². The van der Waals surface area contributed by atoms with Crippen molar-refractivity contribution in [2.75, 3.05) is 26.1 Å². The van der Waals surface area contributed by atoms with Gasteiger partial charge in [0, 0.05) is 48.3 Å². The van der Waals surface area contributed by atoms with Gasteiger partial charge in [0.1, 0.15) is 18.1 Å². The van der Waals surface area contributed by atoms with Gasteiger partial charge in [-0.3, -0.25) is 20.1 Å². The van der Waals surface area contributed by atoms with Crippen molar-refractivity contribution >= 4 is 28.6 Å². The van der Waals surface area contributed by atoms with Crippen molar-refractivity contribution in [1.29, 1.82) is 0 Å². The summed E-state index contributed by atoms with van der Waals surface area (Å²) in [5.74, 6) is 6.12. The number of carbonyl (C=O) groups excluding carboxylic acids is 1. The van der Waals surface area contributed by atoms with Gasteiger partial charge in [-0.15, -0.1) is 10.2 Å². The molecular formula is C25H23F2N7O3S. The van der Waals surface area contributed by atoms with Crippen LogP contribution in [-0.4, -0.2) is 53.1 Å². The van der Waals surface area contributed by atoms with Crippen LogP contribution in [0.25, 0.3) is 11.1 Å². The summed E-state index contributed by atoms with van der Waals surface area (Å²) in [5.41, 5.74) is 6.26. The van der Waals surface area contributed by atoms with Crippen LogP contribution < -0.4 is 20.5 Å². The molecule has 3 heterocycles. The zero-order chi connectivity index (χ0) is 27.1. The first-order valence-corrected chi connectivity index (χ1v) is 12.2. The third-order valence-corrected chi connectivity index (χ3v) is 5.93. The molecule has 0 bridgehead atoms. The van der Waals surface area contributed by atoms with E-state index < -0.39 is 18.0 Å². The molecule has 3 N–H and O–H groups in total. The summed E-state index contributed by atoms with van der Waals surface area (Å²) < 4.78 is 38.0. The number of aliphatic imine (C=N–C) groups is 1. The van der Waals surface area contributed by atoms with E-state index in [0.29, 0.717) is 16.6 Å². The first-order chi connectivity index (χ1) is 18.4. The van der Waals surface area contributed by atoms with E-state index in [1.165, 1.54) is 31.8 Å². The largest absolute Gasteiger partial charge is 0.494 e. The molecule has 0 saturated heterocycles. The number of ether oxygens (including phenoxy) is 2. The number of allylic oxidation sites excluding steroid dienone is 1. The highest BCUT2D eigenvalue weighted by Gasteiger charge is 2.22. The van der Waals surface area contributed by atoms with Gasteiger partial charge in [-0.25, -0.2) is 13.8 Å². The molecule has 10 nitrogen and oxygen atoms in total. The number of amides is 1. The van der Waals surface area contributed by atoms with Crippen molar-refractivity contribution in [3.63, 3.8) is 0 Å². The summed E-state index contributed by atoms with van der Waals surface area (Å²) >= 11 is 1.12. The fraction of sp³-hybridized carbons (Fsp3) is 0.280. The Labute approximate surface area is 221 Å². The van der Waals surface area contributed by atoms with E-state index in [-0.39, 0.29) is 40.1 Å². The minimum Gasteiger partial charge on any atom is -0.494 e. The number of halogens is 2. The molecule has 1 aliphatic carbocycles. The lowest BCUT2D eigenvalue weighted by atomic mass is 10.00. The van der Waals surface area contributed by atoms with Crippen molar-refractivity contribution in [3.8, 4) is 34.6 Å². The monoisotopic (exact) mass is 539 g/mol. The van der Waals surface area contributed by atoms with Crippen LogP contribution in [0, 0.1) is 17.8 Å². The molecule has 38 heavy (non-hydrogen) atoms. The SMILES string of the molecule is CN=C/C=C(\N)COc1cc(-c2cc(C(F)F)ncc2OC)c(C(=O)Nc2nnc(C#CC3CC3)s2)cn1. The molecular weight excluding hydrogens is 516 g/mol. The lowest BCUT2D eigenvalue weighted by Crippen LogP contribution is -2.15. The van der Waals surface area contributed by atoms with Crippen LogP contribution in [0.15, 0.2) is 41.3 Å². The molecule has 13 heteroatoms. The number of aromatic nitrogens is 4. The van der Waals surface area contributed by atoms with Gasteiger partial charge in [0.05, 0.1) is 18.9 Å². The molecule has 1 saturated carbocycles. The van der Waals surface area contributed by atoms with E-state index in [1.807, 2.05) is 0 Å². The maximum absolute atomic E-state index is 13.5. The Morgan fingerprint density at radius 2 is 2.11 bits per heavy atom. The molecule has 0 unspecified atom stereocenters. The number of hydrogen-bond acceptors (Lipinski definition) is 10. The zero-order valence-corrected chi connectivity index (χ0v) is 21.3. The number of anilines is 1. The Morgan fingerprint density at radius 1 is 1.29 bits per heavy atom. The van der Waals surface area contributed by atoms with Crippen molar-refractivity contribution in [2.45, 2.75) is 19.3 Å². The summed E-state index contributed by atoms with van der Waals surface area (Å²) in [6.07, 6.45) is 4.82. The molecule has 0 aliphatic heterocycles. The normalized spacial score (nSPS) is 13.3. The molecule has 3 aromatic rings. The second-order valence-corrected chi connectivity index (χ2v) is 9.00. The van der Waals surface area contributed by atoms with E-state index in [2.05, 4.69) is 42.3 Å². The predicted octanol–water partition coefficient (Wildman–Crippen LogP) is 3.88. The van der Waals surface area contributed by atoms with Gasteiger partial charge in [-0.1, -0.05) is 17.3 Å². The maximum Gasteiger partial charge on any atom is 0.280 e. The minimum absolute atomic E-state index is 0.0186. The quantitative estimate of drug-likeness (QED) is 0.309. The number of pyridine rings is 2. The molecule has 1 amide bonds. The number of rotatable bonds is 9. The Hall–Kier alpha value is -4.44. The van der Waals surface area contributed by atoms with Crippen LogP contribution >= 0.6 is 11.3 Å². The average Bonchev–Trinajstić information content (AvgIpc) is 3.66. The van der Waals surface area contributed by atoms with Gasteiger partial charge in [-0.05, 0) is 30.9 Å². The molecule has 0 atom stereocenters. The third kappa shape index (κ3) is 6.86. The predicted molar refractivity (Wildman–Crippen MR) is 139 cm³/mol. The lowest BCUT2D eigenvalue weighted by molar-refractivity contribution is 0.102. The standard InChI is InChI=1S/C25H23F2N7O3S/c1-29-8-7-15(28)13-37-21-10-16(17-9-19(23(26)27)30-12-20(17)36-2)18(11-31-21)24(35)32-25-34-33-22(38-25)6-5-14-3-4-14/h7-12,14,23H,3-4,13,28H2,1-2H3,(H,32,34,35)/b15-7-,29-8?. The fourth-order valence-corrected chi connectivity index (χ4v) is 3.73. The maximum atomic E-state index is 13.5. The molecule has 0 aromatic carbocycles. The Kier molecular flexibility index (Phi) is 8.55. The van der Waals surface area contributed by atoms with Crippen molar-refractivity contribution in [1.82, 2.24) is 20.2 Å². The highest BCUT2D eigenvalue weighted by Crippen LogP contribution is 2.36. The topological polar surface area (TPSA) is 138 Å². The highest BCUT2D eigenvalue weighted by atomic mass is 32.1. The Morgan fingerprint density at radius 3 is 2.82 bits per heavy atom. The summed E-state index contributed by atoms with van der Waals surface area (Å²) in [6.45, 7) is -0.0186. The zero-order valence-electron chi connectivity index (χ0n) is 20.4. The first kappa shape index (κ1) is 26.6. The third-order valence-electron chi connectivity index (χ3n) is 5.18. The van der Waals surface area contributed by atoms with E-state index >= 15 is 0 Å². The number of hydrogen-bond donors (Lipinski definition) is 2. The molecule has 196 valence electrons. The van der Waals surface area contributed by atoms with E-state index in [1.54, 1.807) is 13.1 Å². The first-order valence-electron chi connectivity index (χ1n) is 11.4. The van der Waals surface area contributed by atoms with Crippen molar-refractivity contribution < 1.29 is 23.0 Å². The molecule has 1 fully saturated rings. The molecule has 4 rings (SSSR count). The van der Waals surface area contributed by atoms with Crippen LogP contribution in [0.2, 0.25) is 0 Å². The number of alkyl halides is 2. The second kappa shape index (κ2) is 12.2. The molecule has 0 radical (unpaired) electrons. The summed E-state index contributed by atoms with van der Waals surface area (Å²) in [6, 6.07) is 2.59. The van der Waals surface area contributed by atoms with Crippen LogP contribution in [0.1, 0.15) is 40.3 Å². The van der Waals surface area contributed by atoms with Gasteiger partial charge in [0.15, 0.2) is 5.01 Å². The smallest absolute Gasteiger partial charge is 0.280 e. The van der Waals surface area contributed by atoms with Gasteiger partial charge in [-0.2, -0.15) is 0 Å². The molecule has 1 aliphatic rings. The van der Waals surface area contributed by atoms with Gasteiger partial charge in [0.25, 0.3) is 12.3 Å². The Balaban J connectivity index is 1.68. The summed E-state index contributed by atoms with van der Waals surface area (Å²) in [5, 5.41) is 11.3. The average molecular weight is 540 g/mol. The van der Waals surface area contributed by atoms with Crippen molar-refractivity contribution in [2.24, 2.45) is 16.6 Å². The Bertz CT molecular complexity index is 1440. The number of nitrogens with one attached hydrogen (secondary N) is 1. The minimum atomic E-state index is -2.84.